The van der Waals surface area contributed by atoms with Crippen molar-refractivity contribution < 1.29 is 22.7 Å². The Kier molecular flexibility index (Phi) is 10.3. The second-order valence-corrected chi connectivity index (χ2v) is 12.9. The molecule has 4 rings (SSSR count). The highest BCUT2D eigenvalue weighted by molar-refractivity contribution is 7.92. The molecule has 0 aliphatic heterocycles. The van der Waals surface area contributed by atoms with Crippen molar-refractivity contribution in [2.24, 2.45) is 0 Å². The minimum Gasteiger partial charge on any atom is -0.497 e. The van der Waals surface area contributed by atoms with Gasteiger partial charge in [-0.25, -0.2) is 8.42 Å². The predicted octanol–water partition coefficient (Wildman–Crippen LogP) is 5.37. The van der Waals surface area contributed by atoms with Crippen LogP contribution in [0, 0.1) is 13.8 Å². The zero-order chi connectivity index (χ0) is 30.3. The third-order valence-electron chi connectivity index (χ3n) is 7.74. The van der Waals surface area contributed by atoms with Gasteiger partial charge in [0.25, 0.3) is 10.0 Å². The lowest BCUT2D eigenvalue weighted by atomic mass is 9.95. The fraction of sp³-hybridized carbons (Fsp3) is 0.394. The van der Waals surface area contributed by atoms with Crippen LogP contribution in [0.1, 0.15) is 55.7 Å². The van der Waals surface area contributed by atoms with Crippen LogP contribution in [0.25, 0.3) is 0 Å². The Labute approximate surface area is 249 Å². The third kappa shape index (κ3) is 7.70. The first kappa shape index (κ1) is 31.1. The molecule has 1 saturated carbocycles. The van der Waals surface area contributed by atoms with Crippen LogP contribution in [0.5, 0.6) is 5.75 Å². The van der Waals surface area contributed by atoms with E-state index in [1.807, 2.05) is 32.0 Å². The Balaban J connectivity index is 1.69. The van der Waals surface area contributed by atoms with Crippen molar-refractivity contribution in [3.8, 4) is 5.75 Å². The van der Waals surface area contributed by atoms with Gasteiger partial charge < -0.3 is 15.0 Å². The van der Waals surface area contributed by atoms with Crippen LogP contribution in [-0.4, -0.2) is 50.9 Å². The number of methoxy groups -OCH3 is 1. The number of aryl methyl sites for hydroxylation is 2. The molecule has 224 valence electrons. The van der Waals surface area contributed by atoms with Gasteiger partial charge in [-0.05, 0) is 86.7 Å². The number of nitrogens with one attached hydrogen (secondary N) is 1. The van der Waals surface area contributed by atoms with Crippen molar-refractivity contribution in [2.45, 2.75) is 76.4 Å². The SMILES string of the molecule is COc1ccc(CN(C(=O)CN(c2cc(C)cc(C)c2)S(=O)(=O)c2ccccc2)C(C)C(=O)NC2CCCCC2)cc1. The van der Waals surface area contributed by atoms with Crippen LogP contribution in [0.3, 0.4) is 0 Å². The molecule has 3 aromatic carbocycles. The van der Waals surface area contributed by atoms with Gasteiger partial charge in [-0.15, -0.1) is 0 Å². The summed E-state index contributed by atoms with van der Waals surface area (Å²) in [4.78, 5) is 29.2. The Bertz CT molecular complexity index is 1450. The van der Waals surface area contributed by atoms with E-state index >= 15 is 0 Å². The molecule has 1 fully saturated rings. The van der Waals surface area contributed by atoms with Crippen molar-refractivity contribution in [2.75, 3.05) is 18.0 Å². The number of amides is 2. The molecular weight excluding hydrogens is 550 g/mol. The number of benzene rings is 3. The quantitative estimate of drug-likeness (QED) is 0.323. The Morgan fingerprint density at radius 1 is 0.929 bits per heavy atom. The lowest BCUT2D eigenvalue weighted by Crippen LogP contribution is -2.53. The molecule has 1 N–H and O–H groups in total. The molecule has 3 aromatic rings. The summed E-state index contributed by atoms with van der Waals surface area (Å²) in [5.41, 5.74) is 2.95. The lowest BCUT2D eigenvalue weighted by Gasteiger charge is -2.33. The second kappa shape index (κ2) is 13.9. The van der Waals surface area contributed by atoms with Gasteiger partial charge >= 0.3 is 0 Å². The number of anilines is 1. The summed E-state index contributed by atoms with van der Waals surface area (Å²) in [5, 5.41) is 3.13. The average molecular weight is 592 g/mol. The summed E-state index contributed by atoms with van der Waals surface area (Å²) in [7, 11) is -2.52. The number of carbonyl (C=O) groups is 2. The molecule has 42 heavy (non-hydrogen) atoms. The zero-order valence-corrected chi connectivity index (χ0v) is 25.7. The normalized spacial score (nSPS) is 14.6. The molecule has 1 aliphatic rings. The summed E-state index contributed by atoms with van der Waals surface area (Å²) < 4.78 is 34.4. The largest absolute Gasteiger partial charge is 0.497 e. The van der Waals surface area contributed by atoms with Crippen LogP contribution in [0.4, 0.5) is 5.69 Å². The molecule has 0 bridgehead atoms. The van der Waals surface area contributed by atoms with Gasteiger partial charge in [0.05, 0.1) is 17.7 Å². The second-order valence-electron chi connectivity index (χ2n) is 11.1. The molecule has 1 aliphatic carbocycles. The maximum absolute atomic E-state index is 14.2. The average Bonchev–Trinajstić information content (AvgIpc) is 2.98. The standard InChI is InChI=1S/C33H41N3O5S/c1-24-19-25(2)21-29(20-24)36(42(39,40)31-13-9-6-10-14-31)23-32(37)35(22-27-15-17-30(41-4)18-16-27)26(3)33(38)34-28-11-7-5-8-12-28/h6,9-10,13-21,26,28H,5,7-8,11-12,22-23H2,1-4H3,(H,34,38). The molecule has 9 heteroatoms. The van der Waals surface area contributed by atoms with E-state index in [0.717, 1.165) is 53.1 Å². The summed E-state index contributed by atoms with van der Waals surface area (Å²) >= 11 is 0. The molecule has 0 aromatic heterocycles. The Hall–Kier alpha value is -3.85. The maximum Gasteiger partial charge on any atom is 0.264 e. The van der Waals surface area contributed by atoms with Crippen molar-refractivity contribution >= 4 is 27.5 Å². The topological polar surface area (TPSA) is 96.0 Å². The van der Waals surface area contributed by atoms with E-state index in [0.29, 0.717) is 11.4 Å². The van der Waals surface area contributed by atoms with E-state index in [4.69, 9.17) is 4.74 Å². The molecule has 2 amide bonds. The van der Waals surface area contributed by atoms with Gasteiger partial charge in [-0.3, -0.25) is 13.9 Å². The zero-order valence-electron chi connectivity index (χ0n) is 24.9. The van der Waals surface area contributed by atoms with Crippen LogP contribution in [-0.2, 0) is 26.2 Å². The molecule has 0 saturated heterocycles. The highest BCUT2D eigenvalue weighted by Gasteiger charge is 2.33. The molecule has 8 nitrogen and oxygen atoms in total. The van der Waals surface area contributed by atoms with Gasteiger partial charge in [-0.2, -0.15) is 0 Å². The number of sulfonamides is 1. The summed E-state index contributed by atoms with van der Waals surface area (Å²) in [6.07, 6.45) is 5.13. The van der Waals surface area contributed by atoms with Gasteiger partial charge in [-0.1, -0.05) is 55.7 Å². The van der Waals surface area contributed by atoms with Crippen molar-refractivity contribution in [3.63, 3.8) is 0 Å². The van der Waals surface area contributed by atoms with E-state index in [2.05, 4.69) is 5.32 Å². The van der Waals surface area contributed by atoms with E-state index in [1.165, 1.54) is 17.0 Å². The van der Waals surface area contributed by atoms with Crippen LogP contribution >= 0.6 is 0 Å². The lowest BCUT2D eigenvalue weighted by molar-refractivity contribution is -0.139. The van der Waals surface area contributed by atoms with Crippen LogP contribution in [0.15, 0.2) is 77.7 Å². The summed E-state index contributed by atoms with van der Waals surface area (Å²) in [6, 6.07) is 20.1. The molecule has 1 atom stereocenters. The number of rotatable bonds is 11. The smallest absolute Gasteiger partial charge is 0.264 e. The van der Waals surface area contributed by atoms with E-state index < -0.39 is 28.5 Å². The molecule has 0 spiro atoms. The highest BCUT2D eigenvalue weighted by Crippen LogP contribution is 2.27. The highest BCUT2D eigenvalue weighted by atomic mass is 32.2. The van der Waals surface area contributed by atoms with Gasteiger partial charge in [0, 0.05) is 12.6 Å². The van der Waals surface area contributed by atoms with Gasteiger partial charge in [0.2, 0.25) is 11.8 Å². The number of nitrogens with zero attached hydrogens (tertiary/aromatic N) is 2. The number of hydrogen-bond acceptors (Lipinski definition) is 5. The number of carbonyl (C=O) groups excluding carboxylic acids is 2. The Morgan fingerprint density at radius 2 is 1.55 bits per heavy atom. The van der Waals surface area contributed by atoms with Crippen LogP contribution < -0.4 is 14.4 Å². The fourth-order valence-corrected chi connectivity index (χ4v) is 6.84. The van der Waals surface area contributed by atoms with Crippen molar-refractivity contribution in [1.29, 1.82) is 0 Å². The first-order chi connectivity index (χ1) is 20.1. The fourth-order valence-electron chi connectivity index (χ4n) is 5.42. The van der Waals surface area contributed by atoms with Crippen molar-refractivity contribution in [3.05, 3.63) is 89.5 Å². The van der Waals surface area contributed by atoms with Gasteiger partial charge in [0.1, 0.15) is 18.3 Å². The minimum absolute atomic E-state index is 0.0804. The summed E-state index contributed by atoms with van der Waals surface area (Å²) in [5.74, 6) is -0.0435. The molecule has 0 radical (unpaired) electrons. The predicted molar refractivity (Wildman–Crippen MR) is 165 cm³/mol. The Morgan fingerprint density at radius 3 is 2.14 bits per heavy atom. The van der Waals surface area contributed by atoms with E-state index in [9.17, 15) is 18.0 Å². The van der Waals surface area contributed by atoms with E-state index in [-0.39, 0.29) is 23.4 Å². The monoisotopic (exact) mass is 591 g/mol. The van der Waals surface area contributed by atoms with Crippen molar-refractivity contribution in [1.82, 2.24) is 10.2 Å². The van der Waals surface area contributed by atoms with Gasteiger partial charge in [0.15, 0.2) is 0 Å². The molecule has 0 heterocycles. The summed E-state index contributed by atoms with van der Waals surface area (Å²) in [6.45, 7) is 5.15. The maximum atomic E-state index is 14.2. The third-order valence-corrected chi connectivity index (χ3v) is 9.52. The molecular formula is C33H41N3O5S. The first-order valence-electron chi connectivity index (χ1n) is 14.5. The van der Waals surface area contributed by atoms with E-state index in [1.54, 1.807) is 56.5 Å². The van der Waals surface area contributed by atoms with Crippen LogP contribution in [0.2, 0.25) is 0 Å². The first-order valence-corrected chi connectivity index (χ1v) is 15.9. The minimum atomic E-state index is -4.10. The number of hydrogen-bond donors (Lipinski definition) is 1. The number of ether oxygens (including phenoxy) is 1. The molecule has 1 unspecified atom stereocenters.